The number of anilines is 1. The Bertz CT molecular complexity index is 1140. The number of carbonyl (C=O) groups is 2. The Morgan fingerprint density at radius 2 is 2.00 bits per heavy atom. The monoisotopic (exact) mass is 474 g/mol. The van der Waals surface area contributed by atoms with Crippen molar-refractivity contribution in [2.24, 2.45) is 0 Å². The van der Waals surface area contributed by atoms with Crippen LogP contribution < -0.4 is 5.32 Å². The zero-order valence-electron chi connectivity index (χ0n) is 18.0. The molecule has 0 aliphatic heterocycles. The number of ether oxygens (including phenoxy) is 1. The van der Waals surface area contributed by atoms with Gasteiger partial charge in [-0.2, -0.15) is 0 Å². The van der Waals surface area contributed by atoms with Gasteiger partial charge in [-0.3, -0.25) is 9.36 Å². The molecule has 0 atom stereocenters. The zero-order chi connectivity index (χ0) is 23.3. The van der Waals surface area contributed by atoms with Crippen LogP contribution in [-0.4, -0.2) is 39.0 Å². The lowest BCUT2D eigenvalue weighted by molar-refractivity contribution is -0.113. The molecule has 0 unspecified atom stereocenters. The minimum atomic E-state index is -0.452. The smallest absolute Gasteiger partial charge is 0.341 e. The van der Waals surface area contributed by atoms with Crippen molar-refractivity contribution < 1.29 is 18.7 Å². The molecule has 0 bridgehead atoms. The van der Waals surface area contributed by atoms with Crippen molar-refractivity contribution in [1.82, 2.24) is 14.8 Å². The molecule has 0 spiro atoms. The summed E-state index contributed by atoms with van der Waals surface area (Å²) >= 11 is 2.55. The Balaban J connectivity index is 1.74. The highest BCUT2D eigenvalue weighted by atomic mass is 32.2. The van der Waals surface area contributed by atoms with Gasteiger partial charge in [0.1, 0.15) is 10.8 Å². The van der Waals surface area contributed by atoms with E-state index in [2.05, 4.69) is 22.1 Å². The average molecular weight is 475 g/mol. The van der Waals surface area contributed by atoms with Gasteiger partial charge in [0.25, 0.3) is 0 Å². The Labute approximate surface area is 193 Å². The fourth-order valence-electron chi connectivity index (χ4n) is 2.96. The van der Waals surface area contributed by atoms with Gasteiger partial charge in [-0.25, -0.2) is 9.18 Å². The minimum Gasteiger partial charge on any atom is -0.462 e. The van der Waals surface area contributed by atoms with Gasteiger partial charge in [0.05, 0.1) is 17.9 Å². The lowest BCUT2D eigenvalue weighted by atomic mass is 10.1. The van der Waals surface area contributed by atoms with Gasteiger partial charge >= 0.3 is 5.97 Å². The van der Waals surface area contributed by atoms with Crippen LogP contribution in [0.25, 0.3) is 11.4 Å². The Morgan fingerprint density at radius 3 is 2.66 bits per heavy atom. The van der Waals surface area contributed by atoms with E-state index in [1.165, 1.54) is 35.2 Å². The summed E-state index contributed by atoms with van der Waals surface area (Å²) < 4.78 is 20.2. The molecule has 1 aromatic carbocycles. The van der Waals surface area contributed by atoms with Gasteiger partial charge in [-0.1, -0.05) is 17.8 Å². The maximum atomic E-state index is 13.3. The Kier molecular flexibility index (Phi) is 7.81. The molecular formula is C22H23FN4O3S2. The first kappa shape index (κ1) is 23.7. The van der Waals surface area contributed by atoms with E-state index >= 15 is 0 Å². The molecular weight excluding hydrogens is 451 g/mol. The quantitative estimate of drug-likeness (QED) is 0.271. The normalized spacial score (nSPS) is 10.8. The van der Waals surface area contributed by atoms with Crippen molar-refractivity contribution in [1.29, 1.82) is 0 Å². The first-order chi connectivity index (χ1) is 15.3. The highest BCUT2D eigenvalue weighted by Gasteiger charge is 2.22. The van der Waals surface area contributed by atoms with Crippen LogP contribution in [-0.2, 0) is 16.1 Å². The highest BCUT2D eigenvalue weighted by Crippen LogP contribution is 2.33. The van der Waals surface area contributed by atoms with E-state index in [1.807, 2.05) is 18.4 Å². The first-order valence-corrected chi connectivity index (χ1v) is 11.7. The summed E-state index contributed by atoms with van der Waals surface area (Å²) in [6.45, 7) is 9.91. The molecule has 1 N–H and O–H groups in total. The number of amides is 1. The number of hydrogen-bond acceptors (Lipinski definition) is 7. The zero-order valence-corrected chi connectivity index (χ0v) is 19.6. The SMILES string of the molecule is C=CCn1c(SCC(=O)Nc2sc(C)c(C)c2C(=O)OCC)nnc1-c1ccc(F)cc1. The predicted octanol–water partition coefficient (Wildman–Crippen LogP) is 4.86. The second-order valence-corrected chi connectivity index (χ2v) is 8.92. The van der Waals surface area contributed by atoms with Gasteiger partial charge in [-0.05, 0) is 50.6 Å². The highest BCUT2D eigenvalue weighted by molar-refractivity contribution is 7.99. The van der Waals surface area contributed by atoms with Gasteiger partial charge < -0.3 is 10.1 Å². The topological polar surface area (TPSA) is 86.1 Å². The van der Waals surface area contributed by atoms with E-state index in [9.17, 15) is 14.0 Å². The summed E-state index contributed by atoms with van der Waals surface area (Å²) in [5, 5.41) is 12.2. The third-order valence-corrected chi connectivity index (χ3v) is 6.67. The third kappa shape index (κ3) is 5.25. The molecule has 0 aliphatic carbocycles. The van der Waals surface area contributed by atoms with Crippen molar-refractivity contribution in [2.45, 2.75) is 32.5 Å². The van der Waals surface area contributed by atoms with Crippen LogP contribution in [0.15, 0.2) is 42.1 Å². The lowest BCUT2D eigenvalue weighted by Gasteiger charge is -2.09. The maximum Gasteiger partial charge on any atom is 0.341 e. The summed E-state index contributed by atoms with van der Waals surface area (Å²) in [6, 6.07) is 5.96. The molecule has 10 heteroatoms. The molecule has 0 saturated carbocycles. The van der Waals surface area contributed by atoms with Crippen LogP contribution in [0, 0.1) is 19.7 Å². The van der Waals surface area contributed by atoms with E-state index in [-0.39, 0.29) is 24.1 Å². The van der Waals surface area contributed by atoms with E-state index in [1.54, 1.807) is 25.1 Å². The van der Waals surface area contributed by atoms with E-state index in [0.29, 0.717) is 33.7 Å². The number of thioether (sulfide) groups is 1. The van der Waals surface area contributed by atoms with E-state index < -0.39 is 5.97 Å². The number of esters is 1. The van der Waals surface area contributed by atoms with Crippen LogP contribution in [0.3, 0.4) is 0 Å². The molecule has 168 valence electrons. The number of aryl methyl sites for hydroxylation is 1. The molecule has 1 amide bonds. The second kappa shape index (κ2) is 10.6. The van der Waals surface area contributed by atoms with Crippen molar-refractivity contribution in [3.63, 3.8) is 0 Å². The van der Waals surface area contributed by atoms with Crippen molar-refractivity contribution in [3.05, 3.63) is 58.7 Å². The van der Waals surface area contributed by atoms with Crippen LogP contribution in [0.2, 0.25) is 0 Å². The molecule has 0 fully saturated rings. The van der Waals surface area contributed by atoms with Crippen LogP contribution in [0.5, 0.6) is 0 Å². The lowest BCUT2D eigenvalue weighted by Crippen LogP contribution is -2.17. The number of thiophene rings is 1. The van der Waals surface area contributed by atoms with Gasteiger partial charge in [0.2, 0.25) is 5.91 Å². The molecule has 7 nitrogen and oxygen atoms in total. The largest absolute Gasteiger partial charge is 0.462 e. The summed E-state index contributed by atoms with van der Waals surface area (Å²) in [4.78, 5) is 25.9. The molecule has 0 aliphatic rings. The summed E-state index contributed by atoms with van der Waals surface area (Å²) in [7, 11) is 0. The average Bonchev–Trinajstić information content (AvgIpc) is 3.28. The number of hydrogen-bond donors (Lipinski definition) is 1. The minimum absolute atomic E-state index is 0.0664. The number of nitrogens with zero attached hydrogens (tertiary/aromatic N) is 3. The number of halogens is 1. The van der Waals surface area contributed by atoms with Crippen LogP contribution in [0.1, 0.15) is 27.7 Å². The fourth-order valence-corrected chi connectivity index (χ4v) is 4.77. The van der Waals surface area contributed by atoms with Gasteiger partial charge in [0, 0.05) is 17.0 Å². The fraction of sp³-hybridized carbons (Fsp3) is 0.273. The first-order valence-electron chi connectivity index (χ1n) is 9.85. The Morgan fingerprint density at radius 1 is 1.28 bits per heavy atom. The van der Waals surface area contributed by atoms with Crippen molar-refractivity contribution >= 4 is 40.0 Å². The molecule has 0 radical (unpaired) electrons. The summed E-state index contributed by atoms with van der Waals surface area (Å²) in [5.41, 5.74) is 1.90. The van der Waals surface area contributed by atoms with Crippen LogP contribution >= 0.6 is 23.1 Å². The third-order valence-electron chi connectivity index (χ3n) is 4.58. The summed E-state index contributed by atoms with van der Waals surface area (Å²) in [6.07, 6.45) is 1.70. The van der Waals surface area contributed by atoms with Crippen molar-refractivity contribution in [2.75, 3.05) is 17.7 Å². The molecule has 2 aromatic heterocycles. The number of aromatic nitrogens is 3. The van der Waals surface area contributed by atoms with Crippen molar-refractivity contribution in [3.8, 4) is 11.4 Å². The van der Waals surface area contributed by atoms with E-state index in [0.717, 1.165) is 10.4 Å². The molecule has 3 aromatic rings. The number of carbonyl (C=O) groups excluding carboxylic acids is 2. The number of rotatable bonds is 9. The number of allylic oxidation sites excluding steroid dienone is 1. The van der Waals surface area contributed by atoms with Crippen LogP contribution in [0.4, 0.5) is 9.39 Å². The van der Waals surface area contributed by atoms with Gasteiger partial charge in [-0.15, -0.1) is 28.1 Å². The van der Waals surface area contributed by atoms with E-state index in [4.69, 9.17) is 4.74 Å². The molecule has 2 heterocycles. The maximum absolute atomic E-state index is 13.3. The molecule has 32 heavy (non-hydrogen) atoms. The van der Waals surface area contributed by atoms with Gasteiger partial charge in [0.15, 0.2) is 11.0 Å². The number of benzene rings is 1. The molecule has 0 saturated heterocycles. The standard InChI is InChI=1S/C22H23FN4O3S2/c1-5-11-27-19(15-7-9-16(23)10-8-15)25-26-22(27)31-12-17(28)24-20-18(21(29)30-6-2)13(3)14(4)32-20/h5,7-10H,1,6,11-12H2,2-4H3,(H,24,28). The Hall–Kier alpha value is -2.98. The predicted molar refractivity (Wildman–Crippen MR) is 125 cm³/mol. The molecule has 3 rings (SSSR count). The number of nitrogens with one attached hydrogen (secondary N) is 1. The second-order valence-electron chi connectivity index (χ2n) is 6.76. The summed E-state index contributed by atoms with van der Waals surface area (Å²) in [5.74, 6) is -0.444.